The van der Waals surface area contributed by atoms with Gasteiger partial charge in [-0.05, 0) is 30.9 Å². The summed E-state index contributed by atoms with van der Waals surface area (Å²) in [5, 5.41) is 21.6. The predicted molar refractivity (Wildman–Crippen MR) is 197 cm³/mol. The Labute approximate surface area is 331 Å². The number of carbonyl (C=O) groups is 3. The van der Waals surface area contributed by atoms with E-state index in [1.165, 1.54) is 17.8 Å². The first-order valence-corrected chi connectivity index (χ1v) is 20.1. The van der Waals surface area contributed by atoms with Crippen molar-refractivity contribution < 1.29 is 56.1 Å². The number of anilines is 1. The van der Waals surface area contributed by atoms with Gasteiger partial charge < -0.3 is 38.5 Å². The van der Waals surface area contributed by atoms with E-state index in [1.54, 1.807) is 30.3 Å². The molecular weight excluding hydrogens is 813 g/mol. The normalized spacial score (nSPS) is 25.2. The van der Waals surface area contributed by atoms with Crippen LogP contribution in [0.15, 0.2) is 64.8 Å². The van der Waals surface area contributed by atoms with Crippen LogP contribution < -0.4 is 16.6 Å². The van der Waals surface area contributed by atoms with E-state index in [2.05, 4.69) is 20.3 Å². The molecule has 0 radical (unpaired) electrons. The molecule has 5 heterocycles. The monoisotopic (exact) mass is 848 g/mol. The van der Waals surface area contributed by atoms with Gasteiger partial charge in [-0.15, -0.1) is 0 Å². The van der Waals surface area contributed by atoms with Crippen molar-refractivity contribution in [1.82, 2.24) is 29.1 Å². The first-order valence-electron chi connectivity index (χ1n) is 17.5. The van der Waals surface area contributed by atoms with Crippen LogP contribution in [0.3, 0.4) is 0 Å². The van der Waals surface area contributed by atoms with Gasteiger partial charge in [-0.1, -0.05) is 18.2 Å². The summed E-state index contributed by atoms with van der Waals surface area (Å²) < 4.78 is 68.7. The number of alkyl halides is 2. The number of aliphatic hydroxyl groups is 1. The number of H-pyrrole nitrogens is 1. The molecule has 24 heteroatoms. The molecular formula is C34H35F2N8O12PS. The van der Waals surface area contributed by atoms with E-state index in [-0.39, 0.29) is 42.0 Å². The number of hydrogen-bond acceptors (Lipinski definition) is 17. The van der Waals surface area contributed by atoms with Crippen molar-refractivity contribution in [2.24, 2.45) is 0 Å². The molecule has 308 valence electrons. The van der Waals surface area contributed by atoms with E-state index in [0.717, 1.165) is 23.2 Å². The topological polar surface area (TPSA) is 261 Å². The van der Waals surface area contributed by atoms with Gasteiger partial charge in [0, 0.05) is 24.2 Å². The Balaban J connectivity index is 1.27. The molecule has 2 fully saturated rings. The third-order valence-electron chi connectivity index (χ3n) is 8.79. The summed E-state index contributed by atoms with van der Waals surface area (Å²) in [6.07, 6.45) is -11.5. The number of imidazole rings is 1. The molecule has 5 unspecified atom stereocenters. The smallest absolute Gasteiger partial charge is 0.330 e. The lowest BCUT2D eigenvalue weighted by atomic mass is 10.1. The maximum absolute atomic E-state index is 16.5. The van der Waals surface area contributed by atoms with Crippen molar-refractivity contribution in [3.05, 3.63) is 81.7 Å². The molecule has 0 saturated carbocycles. The molecule has 20 nitrogen and oxygen atoms in total. The average molecular weight is 849 g/mol. The number of rotatable bonds is 17. The predicted octanol–water partition coefficient (Wildman–Crippen LogP) is 1.93. The summed E-state index contributed by atoms with van der Waals surface area (Å²) in [6, 6.07) is 11.1. The Kier molecular flexibility index (Phi) is 13.6. The van der Waals surface area contributed by atoms with Crippen molar-refractivity contribution in [2.75, 3.05) is 25.1 Å². The van der Waals surface area contributed by atoms with E-state index in [0.29, 0.717) is 5.56 Å². The quantitative estimate of drug-likeness (QED) is 0.0779. The zero-order valence-corrected chi connectivity index (χ0v) is 32.0. The summed E-state index contributed by atoms with van der Waals surface area (Å²) in [5.41, 5.74) is -1.34. The van der Waals surface area contributed by atoms with Crippen LogP contribution in [0.1, 0.15) is 49.0 Å². The zero-order valence-electron chi connectivity index (χ0n) is 30.3. The van der Waals surface area contributed by atoms with Crippen LogP contribution in [0.2, 0.25) is 0 Å². The van der Waals surface area contributed by atoms with E-state index >= 15 is 8.78 Å². The van der Waals surface area contributed by atoms with Crippen LogP contribution >= 0.6 is 6.72 Å². The maximum Gasteiger partial charge on any atom is 0.330 e. The molecule has 3 N–H and O–H groups in total. The number of ether oxygens (including phenoxy) is 3. The van der Waals surface area contributed by atoms with E-state index in [9.17, 15) is 29.1 Å². The molecule has 1 aromatic carbocycles. The van der Waals surface area contributed by atoms with Gasteiger partial charge in [0.05, 0.1) is 45.1 Å². The lowest BCUT2D eigenvalue weighted by Crippen LogP contribution is -2.38. The number of esters is 1. The summed E-state index contributed by atoms with van der Waals surface area (Å²) in [4.78, 5) is 76.3. The van der Waals surface area contributed by atoms with Crippen LogP contribution in [0.25, 0.3) is 11.2 Å². The van der Waals surface area contributed by atoms with Gasteiger partial charge >= 0.3 is 18.4 Å². The molecule has 2 aliphatic heterocycles. The number of halogens is 2. The second-order valence-electron chi connectivity index (χ2n) is 12.8. The summed E-state index contributed by atoms with van der Waals surface area (Å²) in [5.74, 6) is -1.75. The maximum atomic E-state index is 16.5. The van der Waals surface area contributed by atoms with Gasteiger partial charge in [-0.2, -0.15) is 5.26 Å². The number of aromatic amines is 1. The number of benzene rings is 1. The SMILES string of the molecule is CC(=O)CCC(=O)OC1C(F)[C@@H](COP(=S)(OCCC#N)OC2C(F)[C@@H](CO)O[C@H]2n2ccc(=O)[nH]c2=O)O[C@H]1n1cnc2c(NC(=O)c3ccccc3)ncnc21. The first-order chi connectivity index (χ1) is 27.8. The van der Waals surface area contributed by atoms with Gasteiger partial charge in [0.2, 0.25) is 0 Å². The fourth-order valence-corrected chi connectivity index (χ4v) is 8.05. The number of aliphatic hydroxyl groups excluding tert-OH is 1. The standard InChI is InChI=1S/C34H35F2N8O12PS/c1-18(46)8-9-23(48)55-27-25(36)21(54-32(27)44-17-40-26-29(38-16-39-30(26)44)42-31(49)19-6-3-2-4-7-19)15-52-57(58,51-13-5-11-37)56-28-24(35)20(14-45)53-33(28)43-12-10-22(47)41-34(43)50/h2-4,6-7,10,12,16-17,20-21,24-25,27-28,32-33,45H,5,8-9,13-15H2,1H3,(H,41,47,50)(H,38,39,42,49)/t20-,21-,24?,25?,27?,28?,32-,33-,57?/m1/s1. The molecule has 4 aromatic rings. The largest absolute Gasteiger partial charge is 0.454 e. The van der Waals surface area contributed by atoms with Gasteiger partial charge in [0.1, 0.15) is 30.4 Å². The van der Waals surface area contributed by atoms with E-state index < -0.39 is 98.9 Å². The van der Waals surface area contributed by atoms with Crippen molar-refractivity contribution in [1.29, 1.82) is 5.26 Å². The average Bonchev–Trinajstić information content (AvgIpc) is 3.86. The van der Waals surface area contributed by atoms with Crippen molar-refractivity contribution in [3.63, 3.8) is 0 Å². The number of hydrogen-bond donors (Lipinski definition) is 3. The first kappa shape index (κ1) is 42.4. The van der Waals surface area contributed by atoms with E-state index in [4.69, 9.17) is 44.9 Å². The van der Waals surface area contributed by atoms with Gasteiger partial charge in [-0.3, -0.25) is 33.0 Å². The van der Waals surface area contributed by atoms with Crippen molar-refractivity contribution in [3.8, 4) is 6.07 Å². The molecule has 58 heavy (non-hydrogen) atoms. The minimum absolute atomic E-state index is 0.00238. The fraction of sp³-hybridized carbons (Fsp3) is 0.441. The Hall–Kier alpha value is -5.18. The Bertz CT molecular complexity index is 2350. The minimum Gasteiger partial charge on any atom is -0.454 e. The summed E-state index contributed by atoms with van der Waals surface area (Å²) in [7, 11) is 0. The highest BCUT2D eigenvalue weighted by atomic mass is 32.5. The highest BCUT2D eigenvalue weighted by Crippen LogP contribution is 2.55. The molecule has 9 atom stereocenters. The number of nitrogens with zero attached hydrogens (tertiary/aromatic N) is 6. The minimum atomic E-state index is -4.25. The van der Waals surface area contributed by atoms with Gasteiger partial charge in [0.25, 0.3) is 11.5 Å². The third kappa shape index (κ3) is 9.57. The van der Waals surface area contributed by atoms with Crippen LogP contribution in [0, 0.1) is 11.3 Å². The lowest BCUT2D eigenvalue weighted by molar-refractivity contribution is -0.157. The van der Waals surface area contributed by atoms with Crippen LogP contribution in [0.4, 0.5) is 14.6 Å². The number of Topliss-reactive ketones (excluding diaryl/α,β-unsaturated/α-hetero) is 1. The highest BCUT2D eigenvalue weighted by molar-refractivity contribution is 8.07. The van der Waals surface area contributed by atoms with Crippen molar-refractivity contribution >= 4 is 53.2 Å². The highest BCUT2D eigenvalue weighted by Gasteiger charge is 2.52. The molecule has 0 bridgehead atoms. The lowest BCUT2D eigenvalue weighted by Gasteiger charge is -2.29. The number of amides is 1. The molecule has 0 aliphatic carbocycles. The van der Waals surface area contributed by atoms with Gasteiger partial charge in [-0.25, -0.2) is 28.5 Å². The fourth-order valence-electron chi connectivity index (χ4n) is 5.99. The number of aromatic nitrogens is 6. The zero-order chi connectivity index (χ0) is 41.6. The number of nitriles is 1. The summed E-state index contributed by atoms with van der Waals surface area (Å²) in [6.45, 7) is -5.00. The molecule has 1 amide bonds. The Morgan fingerprint density at radius 1 is 1.02 bits per heavy atom. The van der Waals surface area contributed by atoms with E-state index in [1.807, 2.05) is 11.1 Å². The van der Waals surface area contributed by atoms with Crippen LogP contribution in [0.5, 0.6) is 0 Å². The second kappa shape index (κ2) is 18.6. The number of nitrogens with one attached hydrogen (secondary N) is 2. The third-order valence-corrected chi connectivity index (χ3v) is 11.2. The Morgan fingerprint density at radius 3 is 2.45 bits per heavy atom. The number of fused-ring (bicyclic) bond motifs is 1. The summed E-state index contributed by atoms with van der Waals surface area (Å²) >= 11 is 5.57. The number of ketones is 1. The van der Waals surface area contributed by atoms with Crippen molar-refractivity contribution in [2.45, 2.75) is 75.4 Å². The van der Waals surface area contributed by atoms with Crippen LogP contribution in [-0.4, -0.2) is 108 Å². The molecule has 6 rings (SSSR count). The molecule has 3 aromatic heterocycles. The molecule has 0 spiro atoms. The molecule has 2 saturated heterocycles. The van der Waals surface area contributed by atoms with Gasteiger partial charge in [0.15, 0.2) is 47.9 Å². The molecule has 2 aliphatic rings. The second-order valence-corrected chi connectivity index (χ2v) is 15.8. The van der Waals surface area contributed by atoms with Crippen LogP contribution in [-0.2, 0) is 49.2 Å². The number of carbonyl (C=O) groups excluding carboxylic acids is 3. The Morgan fingerprint density at radius 2 is 1.74 bits per heavy atom.